The summed E-state index contributed by atoms with van der Waals surface area (Å²) in [6.07, 6.45) is 0. The van der Waals surface area contributed by atoms with Crippen molar-refractivity contribution in [2.24, 2.45) is 0 Å². The van der Waals surface area contributed by atoms with Crippen molar-refractivity contribution in [3.8, 4) is 5.75 Å². The molecule has 0 radical (unpaired) electrons. The molecule has 11 heavy (non-hydrogen) atoms. The van der Waals surface area contributed by atoms with E-state index in [9.17, 15) is 4.39 Å². The quantitative estimate of drug-likeness (QED) is 0.740. The minimum absolute atomic E-state index is 0.0539. The first-order valence-electron chi connectivity index (χ1n) is 4.23. The third-order valence-electron chi connectivity index (χ3n) is 1.16. The van der Waals surface area contributed by atoms with E-state index < -0.39 is 12.9 Å². The van der Waals surface area contributed by atoms with Gasteiger partial charge < -0.3 is 10.5 Å². The second-order valence-electron chi connectivity index (χ2n) is 1.91. The van der Waals surface area contributed by atoms with Crippen LogP contribution in [0.5, 0.6) is 5.75 Å². The molecule has 0 unspecified atom stereocenters. The molecule has 2 N–H and O–H groups in total. The Balaban J connectivity index is 3.04. The van der Waals surface area contributed by atoms with Gasteiger partial charge in [0.1, 0.15) is 11.6 Å². The monoisotopic (exact) mass is 222 g/mol. The molecule has 0 amide bonds. The second-order valence-corrected chi connectivity index (χ2v) is 2.76. The van der Waals surface area contributed by atoms with Crippen LogP contribution < -0.4 is 10.5 Å². The molecule has 0 saturated carbocycles. The maximum Gasteiger partial charge on any atom is 0.143 e. The first kappa shape index (κ1) is 4.98. The maximum absolute atomic E-state index is 12.9. The van der Waals surface area contributed by atoms with Gasteiger partial charge in [-0.2, -0.15) is 0 Å². The van der Waals surface area contributed by atoms with Gasteiger partial charge in [0.25, 0.3) is 0 Å². The summed E-state index contributed by atoms with van der Waals surface area (Å²) in [4.78, 5) is 0. The van der Waals surface area contributed by atoms with Crippen molar-refractivity contribution >= 4 is 21.6 Å². The zero-order valence-electron chi connectivity index (χ0n) is 8.40. The molecule has 0 heterocycles. The summed E-state index contributed by atoms with van der Waals surface area (Å²) in [7, 11) is -2.59. The van der Waals surface area contributed by atoms with Crippen LogP contribution in [0.15, 0.2) is 16.6 Å². The van der Waals surface area contributed by atoms with Gasteiger partial charge in [0.15, 0.2) is 0 Å². The number of benzene rings is 1. The maximum atomic E-state index is 12.9. The van der Waals surface area contributed by atoms with Gasteiger partial charge in [-0.05, 0) is 22.0 Å². The number of methoxy groups -OCH3 is 1. The summed E-state index contributed by atoms with van der Waals surface area (Å²) < 4.78 is 38.0. The summed E-state index contributed by atoms with van der Waals surface area (Å²) in [5.74, 6) is -0.640. The molecular formula is C7H7BrFNO. The van der Waals surface area contributed by atoms with E-state index in [0.29, 0.717) is 0 Å². The van der Waals surface area contributed by atoms with Crippen LogP contribution in [0.2, 0.25) is 0 Å². The fraction of sp³-hybridized carbons (Fsp3) is 0.143. The molecule has 4 heteroatoms. The van der Waals surface area contributed by atoms with E-state index in [4.69, 9.17) is 9.85 Å². The molecule has 1 aromatic rings. The van der Waals surface area contributed by atoms with Crippen LogP contribution in [-0.4, -0.2) is 7.04 Å². The van der Waals surface area contributed by atoms with Gasteiger partial charge in [-0.3, -0.25) is 0 Å². The molecule has 0 aliphatic heterocycles. The van der Waals surface area contributed by atoms with E-state index in [-0.39, 0.29) is 15.9 Å². The van der Waals surface area contributed by atoms with E-state index in [2.05, 4.69) is 20.7 Å². The fourth-order valence-corrected chi connectivity index (χ4v) is 0.955. The normalized spacial score (nSPS) is 14.9. The molecule has 0 fully saturated rings. The Morgan fingerprint density at radius 3 is 3.09 bits per heavy atom. The van der Waals surface area contributed by atoms with Gasteiger partial charge in [0, 0.05) is 6.07 Å². The molecule has 0 spiro atoms. The number of rotatable bonds is 1. The molecule has 60 valence electrons. The number of hydrogen-bond donors (Lipinski definition) is 1. The second kappa shape index (κ2) is 3.09. The van der Waals surface area contributed by atoms with Crippen LogP contribution >= 0.6 is 15.9 Å². The fourth-order valence-electron chi connectivity index (χ4n) is 0.632. The number of hydrogen-bond acceptors (Lipinski definition) is 2. The van der Waals surface area contributed by atoms with Gasteiger partial charge in [-0.15, -0.1) is 0 Å². The van der Waals surface area contributed by atoms with E-state index in [0.717, 1.165) is 6.07 Å². The average molecular weight is 223 g/mol. The zero-order chi connectivity index (χ0) is 10.9. The first-order chi connectivity index (χ1) is 6.29. The summed E-state index contributed by atoms with van der Waals surface area (Å²) in [5.41, 5.74) is 5.31. The SMILES string of the molecule is [2H]C([2H])([2H])Oc1cc(Br)c(F)cc1N. The Kier molecular flexibility index (Phi) is 1.40. The van der Waals surface area contributed by atoms with Crippen molar-refractivity contribution in [3.63, 3.8) is 0 Å². The lowest BCUT2D eigenvalue weighted by Gasteiger charge is -2.04. The Hall–Kier alpha value is -0.770. The van der Waals surface area contributed by atoms with Crippen molar-refractivity contribution < 1.29 is 13.2 Å². The Morgan fingerprint density at radius 2 is 2.45 bits per heavy atom. The highest BCUT2D eigenvalue weighted by molar-refractivity contribution is 9.10. The molecule has 0 saturated heterocycles. The third-order valence-corrected chi connectivity index (χ3v) is 1.77. The largest absolute Gasteiger partial charge is 0.495 e. The van der Waals surface area contributed by atoms with Crippen molar-refractivity contribution in [2.75, 3.05) is 12.8 Å². The molecule has 0 atom stereocenters. The van der Waals surface area contributed by atoms with Crippen LogP contribution in [0.1, 0.15) is 4.11 Å². The highest BCUT2D eigenvalue weighted by atomic mass is 79.9. The van der Waals surface area contributed by atoms with E-state index >= 15 is 0 Å². The average Bonchev–Trinajstić information content (AvgIpc) is 1.97. The molecule has 1 rings (SSSR count). The minimum Gasteiger partial charge on any atom is -0.495 e. The standard InChI is InChI=1S/C7H7BrFNO/c1-11-7-2-4(8)5(9)3-6(7)10/h2-3H,10H2,1H3/i1D3. The van der Waals surface area contributed by atoms with E-state index in [1.165, 1.54) is 6.07 Å². The number of anilines is 1. The highest BCUT2D eigenvalue weighted by Gasteiger charge is 2.04. The number of ether oxygens (including phenoxy) is 1. The minimum atomic E-state index is -2.59. The van der Waals surface area contributed by atoms with Crippen molar-refractivity contribution in [2.45, 2.75) is 0 Å². The van der Waals surface area contributed by atoms with Crippen molar-refractivity contribution in [1.82, 2.24) is 0 Å². The van der Waals surface area contributed by atoms with Crippen LogP contribution in [0.4, 0.5) is 10.1 Å². The van der Waals surface area contributed by atoms with Gasteiger partial charge in [-0.25, -0.2) is 4.39 Å². The Labute approximate surface area is 76.5 Å². The van der Waals surface area contributed by atoms with Crippen LogP contribution in [0.3, 0.4) is 0 Å². The van der Waals surface area contributed by atoms with Crippen molar-refractivity contribution in [1.29, 1.82) is 0 Å². The topological polar surface area (TPSA) is 35.2 Å². The summed E-state index contributed by atoms with van der Waals surface area (Å²) in [6, 6.07) is 2.17. The first-order valence-corrected chi connectivity index (χ1v) is 3.52. The number of nitrogens with two attached hydrogens (primary N) is 1. The smallest absolute Gasteiger partial charge is 0.143 e. The summed E-state index contributed by atoms with van der Waals surface area (Å²) in [5, 5.41) is 0. The molecule has 0 aliphatic carbocycles. The molecule has 2 nitrogen and oxygen atoms in total. The van der Waals surface area contributed by atoms with E-state index in [1.54, 1.807) is 0 Å². The molecule has 1 aromatic carbocycles. The lowest BCUT2D eigenvalue weighted by atomic mass is 10.3. The van der Waals surface area contributed by atoms with Crippen molar-refractivity contribution in [3.05, 3.63) is 22.4 Å². The Bertz CT molecular complexity index is 356. The predicted molar refractivity (Wildman–Crippen MR) is 45.1 cm³/mol. The van der Waals surface area contributed by atoms with Gasteiger partial charge in [0.05, 0.1) is 21.3 Å². The van der Waals surface area contributed by atoms with Crippen LogP contribution in [-0.2, 0) is 0 Å². The molecule has 0 aliphatic rings. The molecule has 0 bridgehead atoms. The summed E-state index contributed by atoms with van der Waals surface area (Å²) in [6.45, 7) is 0. The zero-order valence-corrected chi connectivity index (χ0v) is 6.98. The van der Waals surface area contributed by atoms with Crippen LogP contribution in [0, 0.1) is 5.82 Å². The highest BCUT2D eigenvalue weighted by Crippen LogP contribution is 2.27. The van der Waals surface area contributed by atoms with Crippen LogP contribution in [0.25, 0.3) is 0 Å². The lowest BCUT2D eigenvalue weighted by Crippen LogP contribution is -1.93. The van der Waals surface area contributed by atoms with Gasteiger partial charge in [0.2, 0.25) is 0 Å². The van der Waals surface area contributed by atoms with E-state index in [1.807, 2.05) is 0 Å². The Morgan fingerprint density at radius 1 is 1.73 bits per heavy atom. The molecular weight excluding hydrogens is 213 g/mol. The van der Waals surface area contributed by atoms with Gasteiger partial charge in [-0.1, -0.05) is 0 Å². The number of halogens is 2. The third kappa shape index (κ3) is 1.63. The molecule has 0 aromatic heterocycles. The lowest BCUT2D eigenvalue weighted by molar-refractivity contribution is 0.415. The summed E-state index contributed by atoms with van der Waals surface area (Å²) >= 11 is 2.89. The van der Waals surface area contributed by atoms with Gasteiger partial charge >= 0.3 is 0 Å². The number of nitrogen functional groups attached to an aromatic ring is 1. The predicted octanol–water partition coefficient (Wildman–Crippen LogP) is 2.18.